The van der Waals surface area contributed by atoms with E-state index in [0.29, 0.717) is 26.9 Å². The average Bonchev–Trinajstić information content (AvgIpc) is 2.92. The third-order valence-corrected chi connectivity index (χ3v) is 9.01. The number of aryl methyl sites for hydroxylation is 1. The lowest BCUT2D eigenvalue weighted by molar-refractivity contribution is -0.139. The van der Waals surface area contributed by atoms with Gasteiger partial charge in [-0.05, 0) is 68.7 Å². The molecule has 0 unspecified atom stereocenters. The van der Waals surface area contributed by atoms with E-state index in [0.717, 1.165) is 10.7 Å². The Kier molecular flexibility index (Phi) is 10.4. The number of carbonyl (C=O) groups is 2. The number of sulfonamides is 1. The van der Waals surface area contributed by atoms with Crippen LogP contribution in [0.1, 0.15) is 38.3 Å². The highest BCUT2D eigenvalue weighted by Gasteiger charge is 2.33. The second-order valence-electron chi connectivity index (χ2n) is 9.38. The lowest BCUT2D eigenvalue weighted by atomic mass is 10.1. The predicted octanol–water partition coefficient (Wildman–Crippen LogP) is 5.83. The minimum absolute atomic E-state index is 0.0256. The van der Waals surface area contributed by atoms with Crippen LogP contribution in [-0.2, 0) is 26.2 Å². The third-order valence-electron chi connectivity index (χ3n) is 6.50. The van der Waals surface area contributed by atoms with Crippen molar-refractivity contribution in [3.05, 3.63) is 94.0 Å². The van der Waals surface area contributed by atoms with Crippen molar-refractivity contribution in [3.63, 3.8) is 0 Å². The molecule has 0 saturated heterocycles. The van der Waals surface area contributed by atoms with Gasteiger partial charge in [-0.2, -0.15) is 0 Å². The summed E-state index contributed by atoms with van der Waals surface area (Å²) in [6.45, 7) is 6.74. The van der Waals surface area contributed by atoms with Gasteiger partial charge >= 0.3 is 0 Å². The Bertz CT molecular complexity index is 1420. The number of hydrogen-bond donors (Lipinski definition) is 1. The molecule has 0 aliphatic rings. The molecule has 7 nitrogen and oxygen atoms in total. The molecule has 0 heterocycles. The molecule has 2 atom stereocenters. The molecule has 208 valence electrons. The van der Waals surface area contributed by atoms with Crippen LogP contribution in [0, 0.1) is 6.92 Å². The van der Waals surface area contributed by atoms with Crippen molar-refractivity contribution in [2.75, 3.05) is 10.8 Å². The van der Waals surface area contributed by atoms with E-state index in [2.05, 4.69) is 5.32 Å². The van der Waals surface area contributed by atoms with Gasteiger partial charge in [-0.25, -0.2) is 8.42 Å². The molecule has 1 N–H and O–H groups in total. The zero-order valence-electron chi connectivity index (χ0n) is 22.4. The van der Waals surface area contributed by atoms with Crippen LogP contribution >= 0.6 is 23.2 Å². The summed E-state index contributed by atoms with van der Waals surface area (Å²) < 4.78 is 28.7. The summed E-state index contributed by atoms with van der Waals surface area (Å²) in [6.07, 6.45) is 0.718. The molecular formula is C29H33Cl2N3O4S. The quantitative estimate of drug-likeness (QED) is 0.305. The first-order chi connectivity index (χ1) is 18.4. The zero-order chi connectivity index (χ0) is 28.7. The highest BCUT2D eigenvalue weighted by molar-refractivity contribution is 7.92. The molecule has 0 fully saturated rings. The van der Waals surface area contributed by atoms with Crippen molar-refractivity contribution < 1.29 is 18.0 Å². The van der Waals surface area contributed by atoms with Crippen molar-refractivity contribution in [1.29, 1.82) is 0 Å². The summed E-state index contributed by atoms with van der Waals surface area (Å²) in [4.78, 5) is 28.5. The van der Waals surface area contributed by atoms with Gasteiger partial charge < -0.3 is 10.2 Å². The maximum absolute atomic E-state index is 14.0. The fraction of sp³-hybridized carbons (Fsp3) is 0.310. The van der Waals surface area contributed by atoms with Crippen molar-refractivity contribution >= 4 is 50.7 Å². The van der Waals surface area contributed by atoms with E-state index in [-0.39, 0.29) is 23.4 Å². The van der Waals surface area contributed by atoms with Gasteiger partial charge in [0.2, 0.25) is 11.8 Å². The van der Waals surface area contributed by atoms with Crippen LogP contribution in [0.3, 0.4) is 0 Å². The van der Waals surface area contributed by atoms with Crippen LogP contribution in [0.15, 0.2) is 77.7 Å². The summed E-state index contributed by atoms with van der Waals surface area (Å²) in [5.41, 5.74) is 1.71. The number of benzene rings is 3. The minimum Gasteiger partial charge on any atom is -0.352 e. The van der Waals surface area contributed by atoms with Crippen LogP contribution in [0.5, 0.6) is 0 Å². The number of halogens is 2. The molecule has 2 amide bonds. The smallest absolute Gasteiger partial charge is 0.264 e. The monoisotopic (exact) mass is 589 g/mol. The molecule has 0 aromatic heterocycles. The standard InChI is InChI=1S/C29H33Cl2N3O4S/c1-5-21(3)32-29(36)22(4)33(18-23-15-16-25(30)26(31)17-23)28(35)19-34(27-14-10-9-11-20(27)2)39(37,38)24-12-7-6-8-13-24/h6-17,21-22H,5,18-19H2,1-4H3,(H,32,36)/t21-,22+/m1/s1. The van der Waals surface area contributed by atoms with Gasteiger partial charge in [0.15, 0.2) is 0 Å². The number of amides is 2. The summed E-state index contributed by atoms with van der Waals surface area (Å²) in [6, 6.07) is 18.9. The van der Waals surface area contributed by atoms with Crippen LogP contribution in [0.4, 0.5) is 5.69 Å². The van der Waals surface area contributed by atoms with E-state index in [1.54, 1.807) is 74.5 Å². The second-order valence-corrected chi connectivity index (χ2v) is 12.1. The van der Waals surface area contributed by atoms with Crippen LogP contribution < -0.4 is 9.62 Å². The van der Waals surface area contributed by atoms with Crippen LogP contribution in [0.2, 0.25) is 10.0 Å². The van der Waals surface area contributed by atoms with Gasteiger partial charge in [-0.15, -0.1) is 0 Å². The summed E-state index contributed by atoms with van der Waals surface area (Å²) in [5, 5.41) is 3.58. The SMILES string of the molecule is CC[C@@H](C)NC(=O)[C@H](C)N(Cc1ccc(Cl)c(Cl)c1)C(=O)CN(c1ccccc1C)S(=O)(=O)c1ccccc1. The molecule has 0 spiro atoms. The Morgan fingerprint density at radius 2 is 1.56 bits per heavy atom. The summed E-state index contributed by atoms with van der Waals surface area (Å²) in [7, 11) is -4.11. The van der Waals surface area contributed by atoms with Gasteiger partial charge in [0.05, 0.1) is 20.6 Å². The molecule has 0 aliphatic heterocycles. The number of rotatable bonds is 11. The van der Waals surface area contributed by atoms with E-state index in [4.69, 9.17) is 23.2 Å². The van der Waals surface area contributed by atoms with E-state index in [1.165, 1.54) is 17.0 Å². The number of hydrogen-bond acceptors (Lipinski definition) is 4. The molecule has 0 bridgehead atoms. The molecule has 3 rings (SSSR count). The van der Waals surface area contributed by atoms with Gasteiger partial charge in [-0.3, -0.25) is 13.9 Å². The Hall–Kier alpha value is -3.07. The van der Waals surface area contributed by atoms with E-state index in [1.807, 2.05) is 13.8 Å². The molecule has 0 aliphatic carbocycles. The largest absolute Gasteiger partial charge is 0.352 e. The van der Waals surface area contributed by atoms with Gasteiger partial charge in [0.25, 0.3) is 10.0 Å². The first-order valence-corrected chi connectivity index (χ1v) is 14.8. The molecule has 3 aromatic rings. The van der Waals surface area contributed by atoms with E-state index >= 15 is 0 Å². The highest BCUT2D eigenvalue weighted by Crippen LogP contribution is 2.28. The second kappa shape index (κ2) is 13.3. The lowest BCUT2D eigenvalue weighted by Gasteiger charge is -2.33. The number of carbonyl (C=O) groups excluding carboxylic acids is 2. The Labute approximate surface area is 240 Å². The number of nitrogens with one attached hydrogen (secondary N) is 1. The first kappa shape index (κ1) is 30.5. The van der Waals surface area contributed by atoms with Crippen molar-refractivity contribution in [3.8, 4) is 0 Å². The van der Waals surface area contributed by atoms with Crippen LogP contribution in [-0.4, -0.2) is 43.8 Å². The number of nitrogens with zero attached hydrogens (tertiary/aromatic N) is 2. The first-order valence-electron chi connectivity index (χ1n) is 12.6. The Morgan fingerprint density at radius 3 is 2.18 bits per heavy atom. The fourth-order valence-electron chi connectivity index (χ4n) is 3.96. The molecule has 0 saturated carbocycles. The molecule has 10 heteroatoms. The number of para-hydroxylation sites is 1. The predicted molar refractivity (Wildman–Crippen MR) is 157 cm³/mol. The van der Waals surface area contributed by atoms with Gasteiger partial charge in [0.1, 0.15) is 12.6 Å². The normalized spacial score (nSPS) is 12.9. The van der Waals surface area contributed by atoms with Crippen molar-refractivity contribution in [2.24, 2.45) is 0 Å². The zero-order valence-corrected chi connectivity index (χ0v) is 24.7. The Balaban J connectivity index is 2.04. The lowest BCUT2D eigenvalue weighted by Crippen LogP contribution is -2.52. The fourth-order valence-corrected chi connectivity index (χ4v) is 5.78. The van der Waals surface area contributed by atoms with Gasteiger partial charge in [-0.1, -0.05) is 72.6 Å². The summed E-state index contributed by atoms with van der Waals surface area (Å²) in [5.74, 6) is -0.887. The average molecular weight is 591 g/mol. The molecule has 39 heavy (non-hydrogen) atoms. The van der Waals surface area contributed by atoms with Gasteiger partial charge in [0, 0.05) is 12.6 Å². The van der Waals surface area contributed by atoms with E-state index < -0.39 is 28.5 Å². The van der Waals surface area contributed by atoms with Crippen molar-refractivity contribution in [2.45, 2.75) is 57.6 Å². The molecular weight excluding hydrogens is 557 g/mol. The highest BCUT2D eigenvalue weighted by atomic mass is 35.5. The number of anilines is 1. The molecule has 0 radical (unpaired) electrons. The topological polar surface area (TPSA) is 86.8 Å². The maximum atomic E-state index is 14.0. The minimum atomic E-state index is -4.11. The van der Waals surface area contributed by atoms with Crippen LogP contribution in [0.25, 0.3) is 0 Å². The maximum Gasteiger partial charge on any atom is 0.264 e. The molecule has 3 aromatic carbocycles. The Morgan fingerprint density at radius 1 is 0.923 bits per heavy atom. The third kappa shape index (κ3) is 7.53. The summed E-state index contributed by atoms with van der Waals surface area (Å²) >= 11 is 12.3. The van der Waals surface area contributed by atoms with Crippen molar-refractivity contribution in [1.82, 2.24) is 10.2 Å². The van der Waals surface area contributed by atoms with E-state index in [9.17, 15) is 18.0 Å².